The van der Waals surface area contributed by atoms with Crippen molar-refractivity contribution in [2.75, 3.05) is 0 Å². The largest absolute Gasteiger partial charge is 0.311 e. The van der Waals surface area contributed by atoms with Gasteiger partial charge in [-0.1, -0.05) is 0 Å². The molecule has 4 N–H and O–H groups in total. The Kier molecular flexibility index (Phi) is 17.6. The number of hydrogen-bond acceptors (Lipinski definition) is 8. The zero-order valence-electron chi connectivity index (χ0n) is 4.81. The molecule has 11 heavy (non-hydrogen) atoms. The van der Waals surface area contributed by atoms with Gasteiger partial charge in [0.1, 0.15) is 0 Å². The van der Waals surface area contributed by atoms with Crippen LogP contribution >= 0.6 is 0 Å². The molecule has 0 aliphatic carbocycles. The SMILES string of the molecule is NO[N+](=O)[O-].NO[N+](=O)[O-].[Pd]. The second-order valence-electron chi connectivity index (χ2n) is 0.658. The fraction of sp³-hybridized carbons (Fsp3) is 0. The molecular weight excluding hydrogens is 258 g/mol. The van der Waals surface area contributed by atoms with Crippen LogP contribution in [-0.2, 0) is 30.3 Å². The Morgan fingerprint density at radius 3 is 1.09 bits per heavy atom. The van der Waals surface area contributed by atoms with Crippen molar-refractivity contribution in [3.05, 3.63) is 20.2 Å². The molecule has 0 aliphatic rings. The second kappa shape index (κ2) is 11.7. The average molecular weight is 262 g/mol. The summed E-state index contributed by atoms with van der Waals surface area (Å²) in [5, 5.41) is 15.5. The van der Waals surface area contributed by atoms with E-state index in [0.29, 0.717) is 0 Å². The quantitative estimate of drug-likeness (QED) is 0.333. The van der Waals surface area contributed by atoms with E-state index >= 15 is 0 Å². The molecule has 0 bridgehead atoms. The maximum Gasteiger partial charge on any atom is 0.311 e. The molecule has 0 aliphatic heterocycles. The summed E-state index contributed by atoms with van der Waals surface area (Å²) in [6.45, 7) is 0. The summed E-state index contributed by atoms with van der Waals surface area (Å²) in [6, 6.07) is 0. The number of rotatable bonds is 2. The van der Waals surface area contributed by atoms with Crippen molar-refractivity contribution in [2.45, 2.75) is 0 Å². The van der Waals surface area contributed by atoms with Gasteiger partial charge in [0, 0.05) is 20.4 Å². The van der Waals surface area contributed by atoms with E-state index in [0.717, 1.165) is 0 Å². The number of nitrogens with zero attached hydrogens (tertiary/aromatic N) is 2. The third-order valence-electron chi connectivity index (χ3n) is 0.172. The molecule has 70 valence electrons. The van der Waals surface area contributed by atoms with E-state index in [9.17, 15) is 0 Å². The van der Waals surface area contributed by atoms with Crippen LogP contribution in [0.25, 0.3) is 0 Å². The van der Waals surface area contributed by atoms with E-state index < -0.39 is 10.2 Å². The molecule has 0 aromatic carbocycles. The predicted molar refractivity (Wildman–Crippen MR) is 24.5 cm³/mol. The molecule has 0 heterocycles. The Morgan fingerprint density at radius 2 is 1.09 bits per heavy atom. The molecule has 0 atom stereocenters. The number of nitrogens with two attached hydrogens (primary N) is 2. The standard InChI is InChI=1S/2H2N2O3.Pd/c2*1-5-2(3)4;/h2*1H2;. The first-order chi connectivity index (χ1) is 4.54. The van der Waals surface area contributed by atoms with Crippen LogP contribution < -0.4 is 11.8 Å². The van der Waals surface area contributed by atoms with Crippen molar-refractivity contribution in [1.29, 1.82) is 0 Å². The topological polar surface area (TPSA) is 157 Å². The van der Waals surface area contributed by atoms with Crippen molar-refractivity contribution in [3.63, 3.8) is 0 Å². The fourth-order valence-corrected chi connectivity index (χ4v) is 0. The van der Waals surface area contributed by atoms with Gasteiger partial charge in [-0.3, -0.25) is 0 Å². The van der Waals surface area contributed by atoms with E-state index in [1.54, 1.807) is 0 Å². The van der Waals surface area contributed by atoms with Crippen LogP contribution in [0, 0.1) is 20.2 Å². The van der Waals surface area contributed by atoms with Gasteiger partial charge in [0.05, 0.1) is 0 Å². The van der Waals surface area contributed by atoms with Gasteiger partial charge < -0.3 is 0 Å². The maximum atomic E-state index is 8.83. The molecule has 0 aromatic rings. The van der Waals surface area contributed by atoms with Crippen molar-refractivity contribution >= 4 is 0 Å². The Labute approximate surface area is 73.2 Å². The summed E-state index contributed by atoms with van der Waals surface area (Å²) in [5.74, 6) is 7.94. The first kappa shape index (κ1) is 16.5. The van der Waals surface area contributed by atoms with Crippen LogP contribution in [0.5, 0.6) is 0 Å². The summed E-state index contributed by atoms with van der Waals surface area (Å²) >= 11 is 0. The first-order valence-electron chi connectivity index (χ1n) is 1.57. The summed E-state index contributed by atoms with van der Waals surface area (Å²) < 4.78 is 0. The van der Waals surface area contributed by atoms with Crippen LogP contribution in [0.2, 0.25) is 0 Å². The molecule has 0 spiro atoms. The van der Waals surface area contributed by atoms with E-state index in [-0.39, 0.29) is 20.4 Å². The molecule has 0 rings (SSSR count). The molecule has 0 aromatic heterocycles. The normalized spacial score (nSPS) is 6.00. The van der Waals surface area contributed by atoms with Gasteiger partial charge in [-0.15, -0.1) is 20.2 Å². The summed E-state index contributed by atoms with van der Waals surface area (Å²) in [6.07, 6.45) is 0. The molecule has 0 saturated heterocycles. The molecule has 0 radical (unpaired) electrons. The van der Waals surface area contributed by atoms with Gasteiger partial charge in [-0.2, -0.15) is 11.8 Å². The van der Waals surface area contributed by atoms with E-state index in [1.807, 2.05) is 0 Å². The van der Waals surface area contributed by atoms with Gasteiger partial charge in [0.2, 0.25) is 0 Å². The summed E-state index contributed by atoms with van der Waals surface area (Å²) in [7, 11) is 0. The van der Waals surface area contributed by atoms with Crippen LogP contribution in [0.15, 0.2) is 0 Å². The third-order valence-corrected chi connectivity index (χ3v) is 0.172. The minimum absolute atomic E-state index is 0. The van der Waals surface area contributed by atoms with Crippen LogP contribution in [0.3, 0.4) is 0 Å². The smallest absolute Gasteiger partial charge is 0.223 e. The van der Waals surface area contributed by atoms with Crippen LogP contribution in [0.1, 0.15) is 0 Å². The minimum Gasteiger partial charge on any atom is -0.223 e. The maximum absolute atomic E-state index is 8.83. The molecule has 0 fully saturated rings. The Morgan fingerprint density at radius 1 is 1.00 bits per heavy atom. The van der Waals surface area contributed by atoms with E-state index in [1.165, 1.54) is 0 Å². The Balaban J connectivity index is -0.000000107. The van der Waals surface area contributed by atoms with Gasteiger partial charge in [0.25, 0.3) is 0 Å². The van der Waals surface area contributed by atoms with Crippen molar-refractivity contribution in [3.8, 4) is 0 Å². The Hall–Kier alpha value is -1.02. The molecule has 0 saturated carbocycles. The third kappa shape index (κ3) is 49.2. The van der Waals surface area contributed by atoms with Crippen molar-refractivity contribution < 1.29 is 40.5 Å². The van der Waals surface area contributed by atoms with Crippen LogP contribution in [-0.4, -0.2) is 10.2 Å². The van der Waals surface area contributed by atoms with Gasteiger partial charge in [-0.05, 0) is 0 Å². The van der Waals surface area contributed by atoms with Gasteiger partial charge in [-0.25, -0.2) is 9.88 Å². The first-order valence-corrected chi connectivity index (χ1v) is 1.57. The van der Waals surface area contributed by atoms with Crippen molar-refractivity contribution in [1.82, 2.24) is 0 Å². The second-order valence-corrected chi connectivity index (χ2v) is 0.658. The van der Waals surface area contributed by atoms with E-state index in [2.05, 4.69) is 21.7 Å². The monoisotopic (exact) mass is 262 g/mol. The summed E-state index contributed by atoms with van der Waals surface area (Å²) in [5.41, 5.74) is 0. The van der Waals surface area contributed by atoms with E-state index in [4.69, 9.17) is 20.2 Å². The van der Waals surface area contributed by atoms with Gasteiger partial charge in [0.15, 0.2) is 0 Å². The molecule has 0 unspecified atom stereocenters. The molecule has 10 nitrogen and oxygen atoms in total. The van der Waals surface area contributed by atoms with Crippen molar-refractivity contribution in [2.24, 2.45) is 11.8 Å². The molecule has 11 heteroatoms. The van der Waals surface area contributed by atoms with Gasteiger partial charge >= 0.3 is 10.2 Å². The minimum atomic E-state index is -1.10. The molecule has 0 amide bonds. The van der Waals surface area contributed by atoms with Crippen LogP contribution in [0.4, 0.5) is 0 Å². The number of hydrogen-bond donors (Lipinski definition) is 2. The predicted octanol–water partition coefficient (Wildman–Crippen LogP) is -1.87. The average Bonchev–Trinajstić information content (AvgIpc) is 1.89. The zero-order valence-corrected chi connectivity index (χ0v) is 6.37. The molecular formula is H4N4O6Pd. The summed E-state index contributed by atoms with van der Waals surface area (Å²) in [4.78, 5) is 23.6. The fourth-order valence-electron chi connectivity index (χ4n) is 0. The Bertz CT molecular complexity index is 99.1. The zero-order chi connectivity index (χ0) is 8.57.